The van der Waals surface area contributed by atoms with Crippen LogP contribution in [0.25, 0.3) is 0 Å². The highest BCUT2D eigenvalue weighted by atomic mass is 16.7. The predicted octanol–water partition coefficient (Wildman–Crippen LogP) is 0.823. The molecule has 0 aliphatic carbocycles. The number of rotatable bonds is 4. The molecule has 0 aromatic heterocycles. The van der Waals surface area contributed by atoms with Crippen molar-refractivity contribution in [2.24, 2.45) is 11.3 Å². The van der Waals surface area contributed by atoms with Crippen molar-refractivity contribution < 1.29 is 19.1 Å². The van der Waals surface area contributed by atoms with Crippen LogP contribution in [-0.4, -0.2) is 50.2 Å². The van der Waals surface area contributed by atoms with Gasteiger partial charge in [0, 0.05) is 26.1 Å². The number of nitrogens with zero attached hydrogens (tertiary/aromatic N) is 1. The summed E-state index contributed by atoms with van der Waals surface area (Å²) in [5.74, 6) is -0.200. The summed E-state index contributed by atoms with van der Waals surface area (Å²) in [6.45, 7) is 3.40. The zero-order valence-corrected chi connectivity index (χ0v) is 11.1. The van der Waals surface area contributed by atoms with Crippen LogP contribution in [-0.2, 0) is 19.1 Å². The highest BCUT2D eigenvalue weighted by molar-refractivity contribution is 5.98. The van der Waals surface area contributed by atoms with Crippen molar-refractivity contribution in [2.75, 3.05) is 26.8 Å². The first-order valence-electron chi connectivity index (χ1n) is 6.53. The van der Waals surface area contributed by atoms with Gasteiger partial charge in [0.05, 0.1) is 6.61 Å². The maximum absolute atomic E-state index is 11.9. The summed E-state index contributed by atoms with van der Waals surface area (Å²) in [7, 11) is 1.72. The van der Waals surface area contributed by atoms with E-state index in [-0.39, 0.29) is 18.1 Å². The van der Waals surface area contributed by atoms with Gasteiger partial charge in [0.2, 0.25) is 5.91 Å². The molecule has 0 saturated carbocycles. The molecule has 0 radical (unpaired) electrons. The molecule has 2 heterocycles. The molecule has 18 heavy (non-hydrogen) atoms. The Labute approximate surface area is 107 Å². The third-order valence-electron chi connectivity index (χ3n) is 4.02. The van der Waals surface area contributed by atoms with E-state index in [2.05, 4.69) is 0 Å². The normalized spacial score (nSPS) is 37.0. The quantitative estimate of drug-likeness (QED) is 0.551. The SMILES string of the molecule is CN1CC(COC2CCCCO2)C(C)(C=O)C1=O. The number of carbonyl (C=O) groups is 2. The minimum absolute atomic E-state index is 0.0852. The van der Waals surface area contributed by atoms with Gasteiger partial charge >= 0.3 is 0 Å². The van der Waals surface area contributed by atoms with Crippen LogP contribution in [0.15, 0.2) is 0 Å². The molecule has 0 N–H and O–H groups in total. The summed E-state index contributed by atoms with van der Waals surface area (Å²) in [6.07, 6.45) is 3.68. The molecule has 5 nitrogen and oxygen atoms in total. The molecule has 2 aliphatic rings. The molecule has 3 atom stereocenters. The van der Waals surface area contributed by atoms with E-state index in [1.54, 1.807) is 18.9 Å². The van der Waals surface area contributed by atoms with E-state index in [1.165, 1.54) is 0 Å². The Hall–Kier alpha value is -0.940. The average Bonchev–Trinajstić information content (AvgIpc) is 2.62. The summed E-state index contributed by atoms with van der Waals surface area (Å²) in [5.41, 5.74) is -0.941. The third-order valence-corrected chi connectivity index (χ3v) is 4.02. The lowest BCUT2D eigenvalue weighted by molar-refractivity contribution is -0.173. The molecule has 2 fully saturated rings. The summed E-state index contributed by atoms with van der Waals surface area (Å²) >= 11 is 0. The first kappa shape index (κ1) is 13.5. The van der Waals surface area contributed by atoms with Gasteiger partial charge in [-0.2, -0.15) is 0 Å². The highest BCUT2D eigenvalue weighted by Crippen LogP contribution is 2.35. The van der Waals surface area contributed by atoms with Gasteiger partial charge in [-0.05, 0) is 26.2 Å². The van der Waals surface area contributed by atoms with Gasteiger partial charge in [-0.1, -0.05) is 0 Å². The smallest absolute Gasteiger partial charge is 0.235 e. The lowest BCUT2D eigenvalue weighted by Crippen LogP contribution is -2.37. The zero-order valence-electron chi connectivity index (χ0n) is 11.1. The Kier molecular flexibility index (Phi) is 4.02. The maximum Gasteiger partial charge on any atom is 0.235 e. The topological polar surface area (TPSA) is 55.8 Å². The van der Waals surface area contributed by atoms with E-state index >= 15 is 0 Å². The molecule has 2 aliphatic heterocycles. The molecule has 2 rings (SSSR count). The number of likely N-dealkylation sites (tertiary alicyclic amines) is 1. The monoisotopic (exact) mass is 255 g/mol. The lowest BCUT2D eigenvalue weighted by Gasteiger charge is -2.27. The van der Waals surface area contributed by atoms with Crippen molar-refractivity contribution in [3.63, 3.8) is 0 Å². The van der Waals surface area contributed by atoms with Crippen LogP contribution in [0.1, 0.15) is 26.2 Å². The zero-order chi connectivity index (χ0) is 13.2. The van der Waals surface area contributed by atoms with Gasteiger partial charge in [0.15, 0.2) is 6.29 Å². The van der Waals surface area contributed by atoms with E-state index in [0.29, 0.717) is 13.2 Å². The summed E-state index contributed by atoms with van der Waals surface area (Å²) < 4.78 is 11.2. The highest BCUT2D eigenvalue weighted by Gasteiger charge is 2.49. The minimum atomic E-state index is -0.941. The van der Waals surface area contributed by atoms with Crippen molar-refractivity contribution in [2.45, 2.75) is 32.5 Å². The van der Waals surface area contributed by atoms with Crippen molar-refractivity contribution >= 4 is 12.2 Å². The van der Waals surface area contributed by atoms with Crippen LogP contribution >= 0.6 is 0 Å². The second-order valence-corrected chi connectivity index (χ2v) is 5.41. The van der Waals surface area contributed by atoms with Gasteiger partial charge in [-0.15, -0.1) is 0 Å². The Bertz CT molecular complexity index is 327. The number of amides is 1. The van der Waals surface area contributed by atoms with Crippen LogP contribution in [0.5, 0.6) is 0 Å². The Morgan fingerprint density at radius 3 is 2.94 bits per heavy atom. The molecular formula is C13H21NO4. The number of carbonyl (C=O) groups excluding carboxylic acids is 2. The van der Waals surface area contributed by atoms with Crippen molar-refractivity contribution in [1.29, 1.82) is 0 Å². The molecule has 0 bridgehead atoms. The number of hydrogen-bond donors (Lipinski definition) is 0. The third kappa shape index (κ3) is 2.42. The standard InChI is InChI=1S/C13H21NO4/c1-13(9-15)10(7-14(2)12(13)16)8-18-11-5-3-4-6-17-11/h9-11H,3-8H2,1-2H3. The maximum atomic E-state index is 11.9. The largest absolute Gasteiger partial charge is 0.353 e. The first-order chi connectivity index (χ1) is 8.58. The second kappa shape index (κ2) is 5.36. The lowest BCUT2D eigenvalue weighted by atomic mass is 9.81. The molecular weight excluding hydrogens is 234 g/mol. The molecule has 2 saturated heterocycles. The fourth-order valence-electron chi connectivity index (χ4n) is 2.63. The van der Waals surface area contributed by atoms with Crippen molar-refractivity contribution in [3.8, 4) is 0 Å². The summed E-state index contributed by atoms with van der Waals surface area (Å²) in [4.78, 5) is 24.7. The fourth-order valence-corrected chi connectivity index (χ4v) is 2.63. The van der Waals surface area contributed by atoms with E-state index in [4.69, 9.17) is 9.47 Å². The van der Waals surface area contributed by atoms with Gasteiger partial charge < -0.3 is 19.2 Å². The van der Waals surface area contributed by atoms with E-state index < -0.39 is 5.41 Å². The molecule has 0 aromatic rings. The number of hydrogen-bond acceptors (Lipinski definition) is 4. The Morgan fingerprint density at radius 1 is 1.56 bits per heavy atom. The van der Waals surface area contributed by atoms with Crippen LogP contribution in [0, 0.1) is 11.3 Å². The van der Waals surface area contributed by atoms with Crippen molar-refractivity contribution in [3.05, 3.63) is 0 Å². The average molecular weight is 255 g/mol. The van der Waals surface area contributed by atoms with Crippen LogP contribution in [0.2, 0.25) is 0 Å². The Morgan fingerprint density at radius 2 is 2.33 bits per heavy atom. The minimum Gasteiger partial charge on any atom is -0.353 e. The van der Waals surface area contributed by atoms with Gasteiger partial charge in [0.25, 0.3) is 0 Å². The van der Waals surface area contributed by atoms with Crippen molar-refractivity contribution in [1.82, 2.24) is 4.90 Å². The molecule has 0 aromatic carbocycles. The predicted molar refractivity (Wildman–Crippen MR) is 64.8 cm³/mol. The van der Waals surface area contributed by atoms with Gasteiger partial charge in [0.1, 0.15) is 11.7 Å². The van der Waals surface area contributed by atoms with E-state index in [1.807, 2.05) is 0 Å². The van der Waals surface area contributed by atoms with Gasteiger partial charge in [-0.25, -0.2) is 0 Å². The Balaban J connectivity index is 1.92. The first-order valence-corrected chi connectivity index (χ1v) is 6.53. The van der Waals surface area contributed by atoms with Crippen LogP contribution < -0.4 is 0 Å². The van der Waals surface area contributed by atoms with Gasteiger partial charge in [-0.3, -0.25) is 4.79 Å². The van der Waals surface area contributed by atoms with E-state index in [9.17, 15) is 9.59 Å². The van der Waals surface area contributed by atoms with Crippen LogP contribution in [0.4, 0.5) is 0 Å². The summed E-state index contributed by atoms with van der Waals surface area (Å²) in [5, 5.41) is 0. The molecule has 5 heteroatoms. The molecule has 0 spiro atoms. The number of aldehydes is 1. The molecule has 1 amide bonds. The second-order valence-electron chi connectivity index (χ2n) is 5.41. The number of ether oxygens (including phenoxy) is 2. The molecule has 3 unspecified atom stereocenters. The summed E-state index contributed by atoms with van der Waals surface area (Å²) in [6, 6.07) is 0. The van der Waals surface area contributed by atoms with E-state index in [0.717, 1.165) is 32.2 Å². The molecule has 102 valence electrons. The fraction of sp³-hybridized carbons (Fsp3) is 0.846. The van der Waals surface area contributed by atoms with Crippen LogP contribution in [0.3, 0.4) is 0 Å².